The Morgan fingerprint density at radius 3 is 2.71 bits per heavy atom. The van der Waals surface area contributed by atoms with E-state index in [9.17, 15) is 9.59 Å². The lowest BCUT2D eigenvalue weighted by atomic mass is 10.1. The zero-order valence-electron chi connectivity index (χ0n) is 19.9. The van der Waals surface area contributed by atoms with Crippen molar-refractivity contribution in [2.45, 2.75) is 25.8 Å². The number of morpholine rings is 1. The lowest BCUT2D eigenvalue weighted by molar-refractivity contribution is -0.118. The van der Waals surface area contributed by atoms with Gasteiger partial charge in [-0.3, -0.25) is 19.1 Å². The molecule has 1 atom stereocenters. The van der Waals surface area contributed by atoms with Crippen molar-refractivity contribution in [2.75, 3.05) is 44.7 Å². The fourth-order valence-corrected chi connectivity index (χ4v) is 4.78. The van der Waals surface area contributed by atoms with Gasteiger partial charge in [-0.2, -0.15) is 0 Å². The summed E-state index contributed by atoms with van der Waals surface area (Å²) in [5.41, 5.74) is 1.89. The third kappa shape index (κ3) is 5.11. The van der Waals surface area contributed by atoms with Crippen LogP contribution in [-0.4, -0.2) is 75.5 Å². The van der Waals surface area contributed by atoms with Crippen LogP contribution >= 0.6 is 0 Å². The van der Waals surface area contributed by atoms with Gasteiger partial charge in [0.05, 0.1) is 42.7 Å². The van der Waals surface area contributed by atoms with Gasteiger partial charge in [0.1, 0.15) is 11.6 Å². The molecule has 35 heavy (non-hydrogen) atoms. The Morgan fingerprint density at radius 2 is 1.91 bits per heavy atom. The minimum atomic E-state index is -0.129. The molecule has 1 aromatic carbocycles. The SMILES string of the molecule is Cc1nccn1-c1cccc([C@H]2CCCN2C(=O)c2ccccc2NC(=O)CN2CCOCC2)n1. The molecular formula is C26H30N6O3. The number of imidazole rings is 1. The molecule has 2 aliphatic heterocycles. The molecule has 4 heterocycles. The first-order valence-electron chi connectivity index (χ1n) is 12.1. The highest BCUT2D eigenvalue weighted by atomic mass is 16.5. The van der Waals surface area contributed by atoms with E-state index in [2.05, 4.69) is 15.2 Å². The van der Waals surface area contributed by atoms with Crippen molar-refractivity contribution in [2.24, 2.45) is 0 Å². The normalized spacial score (nSPS) is 18.5. The summed E-state index contributed by atoms with van der Waals surface area (Å²) in [5, 5.41) is 2.96. The standard InChI is InChI=1S/C26H30N6O3/c1-19-27-11-13-31(19)24-10-4-8-22(28-24)23-9-5-12-32(23)26(34)20-6-2-3-7-21(20)29-25(33)18-30-14-16-35-17-15-30/h2-4,6-8,10-11,13,23H,5,9,12,14-18H2,1H3,(H,29,33)/t23-/m1/s1. The Bertz CT molecular complexity index is 1200. The summed E-state index contributed by atoms with van der Waals surface area (Å²) in [5.74, 6) is 1.42. The second-order valence-corrected chi connectivity index (χ2v) is 8.90. The quantitative estimate of drug-likeness (QED) is 0.591. The van der Waals surface area contributed by atoms with Crippen LogP contribution in [0.2, 0.25) is 0 Å². The maximum Gasteiger partial charge on any atom is 0.256 e. The molecule has 1 N–H and O–H groups in total. The van der Waals surface area contributed by atoms with Crippen LogP contribution in [0.5, 0.6) is 0 Å². The number of aryl methyl sites for hydroxylation is 1. The minimum absolute atomic E-state index is 0.0965. The van der Waals surface area contributed by atoms with E-state index in [1.165, 1.54) is 0 Å². The van der Waals surface area contributed by atoms with Crippen LogP contribution in [0.3, 0.4) is 0 Å². The predicted molar refractivity (Wildman–Crippen MR) is 131 cm³/mol. The van der Waals surface area contributed by atoms with Gasteiger partial charge in [-0.15, -0.1) is 0 Å². The van der Waals surface area contributed by atoms with Gasteiger partial charge in [-0.05, 0) is 44.0 Å². The van der Waals surface area contributed by atoms with E-state index in [0.717, 1.165) is 43.3 Å². The van der Waals surface area contributed by atoms with Crippen LogP contribution in [-0.2, 0) is 9.53 Å². The Labute approximate surface area is 204 Å². The minimum Gasteiger partial charge on any atom is -0.379 e. The number of para-hydroxylation sites is 1. The molecule has 0 aliphatic carbocycles. The number of hydrogen-bond donors (Lipinski definition) is 1. The van der Waals surface area contributed by atoms with Gasteiger partial charge in [0.25, 0.3) is 5.91 Å². The molecule has 2 amide bonds. The molecule has 3 aromatic rings. The number of anilines is 1. The topological polar surface area (TPSA) is 92.6 Å². The van der Waals surface area contributed by atoms with E-state index in [1.54, 1.807) is 18.3 Å². The first kappa shape index (κ1) is 23.2. The smallest absolute Gasteiger partial charge is 0.256 e. The summed E-state index contributed by atoms with van der Waals surface area (Å²) in [6.45, 7) is 5.59. The fourth-order valence-electron chi connectivity index (χ4n) is 4.78. The van der Waals surface area contributed by atoms with Crippen LogP contribution in [0.25, 0.3) is 5.82 Å². The number of amides is 2. The van der Waals surface area contributed by atoms with Gasteiger partial charge in [0.15, 0.2) is 0 Å². The number of pyridine rings is 1. The molecule has 182 valence electrons. The van der Waals surface area contributed by atoms with Crippen LogP contribution < -0.4 is 5.32 Å². The largest absolute Gasteiger partial charge is 0.379 e. The number of aromatic nitrogens is 3. The molecule has 0 saturated carbocycles. The van der Waals surface area contributed by atoms with E-state index in [1.807, 2.05) is 52.9 Å². The van der Waals surface area contributed by atoms with Crippen molar-refractivity contribution in [3.05, 3.63) is 71.9 Å². The van der Waals surface area contributed by atoms with Crippen molar-refractivity contribution in [1.82, 2.24) is 24.3 Å². The highest BCUT2D eigenvalue weighted by Crippen LogP contribution is 2.33. The predicted octanol–water partition coefficient (Wildman–Crippen LogP) is 2.82. The Morgan fingerprint density at radius 1 is 1.09 bits per heavy atom. The lowest BCUT2D eigenvalue weighted by Crippen LogP contribution is -2.41. The van der Waals surface area contributed by atoms with Crippen molar-refractivity contribution >= 4 is 17.5 Å². The number of ether oxygens (including phenoxy) is 1. The number of nitrogens with zero attached hydrogens (tertiary/aromatic N) is 5. The number of nitrogens with one attached hydrogen (secondary N) is 1. The summed E-state index contributed by atoms with van der Waals surface area (Å²) in [4.78, 5) is 39.5. The van der Waals surface area contributed by atoms with Crippen molar-refractivity contribution < 1.29 is 14.3 Å². The van der Waals surface area contributed by atoms with Gasteiger partial charge in [-0.1, -0.05) is 18.2 Å². The number of carbonyl (C=O) groups is 2. The molecule has 2 saturated heterocycles. The third-order valence-electron chi connectivity index (χ3n) is 6.59. The van der Waals surface area contributed by atoms with Gasteiger partial charge in [0.2, 0.25) is 5.91 Å². The number of likely N-dealkylation sites (tertiary alicyclic amines) is 1. The molecule has 0 bridgehead atoms. The summed E-state index contributed by atoms with van der Waals surface area (Å²) in [6.07, 6.45) is 5.38. The number of benzene rings is 1. The molecule has 9 nitrogen and oxygen atoms in total. The zero-order chi connectivity index (χ0) is 24.2. The molecule has 2 aromatic heterocycles. The zero-order valence-corrected chi connectivity index (χ0v) is 19.9. The Kier molecular flexibility index (Phi) is 6.87. The summed E-state index contributed by atoms with van der Waals surface area (Å²) < 4.78 is 7.29. The molecule has 2 fully saturated rings. The molecule has 0 radical (unpaired) electrons. The van der Waals surface area contributed by atoms with Gasteiger partial charge >= 0.3 is 0 Å². The van der Waals surface area contributed by atoms with Gasteiger partial charge in [0, 0.05) is 32.0 Å². The van der Waals surface area contributed by atoms with Crippen LogP contribution in [0.4, 0.5) is 5.69 Å². The lowest BCUT2D eigenvalue weighted by Gasteiger charge is -2.27. The van der Waals surface area contributed by atoms with E-state index in [-0.39, 0.29) is 24.4 Å². The summed E-state index contributed by atoms with van der Waals surface area (Å²) in [6, 6.07) is 13.0. The fraction of sp³-hybridized carbons (Fsp3) is 0.385. The van der Waals surface area contributed by atoms with E-state index in [4.69, 9.17) is 9.72 Å². The summed E-state index contributed by atoms with van der Waals surface area (Å²) >= 11 is 0. The molecule has 0 unspecified atom stereocenters. The number of carbonyl (C=O) groups excluding carboxylic acids is 2. The van der Waals surface area contributed by atoms with E-state index in [0.29, 0.717) is 31.0 Å². The van der Waals surface area contributed by atoms with Crippen LogP contribution in [0.15, 0.2) is 54.9 Å². The Balaban J connectivity index is 1.34. The van der Waals surface area contributed by atoms with Gasteiger partial charge < -0.3 is 15.0 Å². The highest BCUT2D eigenvalue weighted by Gasteiger charge is 2.33. The van der Waals surface area contributed by atoms with Crippen molar-refractivity contribution in [3.63, 3.8) is 0 Å². The monoisotopic (exact) mass is 474 g/mol. The Hall–Kier alpha value is -3.56. The average Bonchev–Trinajstić information content (AvgIpc) is 3.54. The molecule has 0 spiro atoms. The molecule has 2 aliphatic rings. The first-order valence-corrected chi connectivity index (χ1v) is 12.1. The maximum absolute atomic E-state index is 13.7. The maximum atomic E-state index is 13.7. The first-order chi connectivity index (χ1) is 17.1. The molecule has 9 heteroatoms. The molecular weight excluding hydrogens is 444 g/mol. The summed E-state index contributed by atoms with van der Waals surface area (Å²) in [7, 11) is 0. The van der Waals surface area contributed by atoms with Crippen LogP contribution in [0, 0.1) is 6.92 Å². The van der Waals surface area contributed by atoms with Crippen molar-refractivity contribution in [3.8, 4) is 5.82 Å². The van der Waals surface area contributed by atoms with E-state index >= 15 is 0 Å². The number of hydrogen-bond acceptors (Lipinski definition) is 6. The number of rotatable bonds is 6. The molecule has 5 rings (SSSR count). The van der Waals surface area contributed by atoms with Crippen molar-refractivity contribution in [1.29, 1.82) is 0 Å². The second-order valence-electron chi connectivity index (χ2n) is 8.90. The highest BCUT2D eigenvalue weighted by molar-refractivity contribution is 6.04. The van der Waals surface area contributed by atoms with E-state index < -0.39 is 0 Å². The average molecular weight is 475 g/mol. The van der Waals surface area contributed by atoms with Crippen LogP contribution in [0.1, 0.15) is 40.8 Å². The third-order valence-corrected chi connectivity index (χ3v) is 6.59. The second kappa shape index (κ2) is 10.4. The van der Waals surface area contributed by atoms with Gasteiger partial charge in [-0.25, -0.2) is 9.97 Å².